The van der Waals surface area contributed by atoms with Gasteiger partial charge in [0.25, 0.3) is 0 Å². The number of aliphatic carboxylic acids is 1. The lowest BCUT2D eigenvalue weighted by Crippen LogP contribution is -2.53. The van der Waals surface area contributed by atoms with Gasteiger partial charge in [-0.3, -0.25) is 9.59 Å². The molecule has 2 amide bonds. The van der Waals surface area contributed by atoms with Gasteiger partial charge in [0.1, 0.15) is 0 Å². The predicted molar refractivity (Wildman–Crippen MR) is 185 cm³/mol. The first-order valence-electron chi connectivity index (χ1n) is 16.8. The van der Waals surface area contributed by atoms with Crippen LogP contribution in [0.3, 0.4) is 0 Å². The topological polar surface area (TPSA) is 118 Å². The summed E-state index contributed by atoms with van der Waals surface area (Å²) in [6.07, 6.45) is 5.72. The Morgan fingerprint density at radius 2 is 1.62 bits per heavy atom. The number of benzene rings is 1. The van der Waals surface area contributed by atoms with E-state index >= 15 is 0 Å². The molecule has 6 rings (SSSR count). The summed E-state index contributed by atoms with van der Waals surface area (Å²) in [6.45, 7) is 4.41. The van der Waals surface area contributed by atoms with Gasteiger partial charge >= 0.3 is 5.97 Å². The summed E-state index contributed by atoms with van der Waals surface area (Å²) >= 11 is 2.84. The van der Waals surface area contributed by atoms with E-state index in [0.717, 1.165) is 63.0 Å². The van der Waals surface area contributed by atoms with E-state index in [1.807, 2.05) is 66.3 Å². The fourth-order valence-electron chi connectivity index (χ4n) is 7.06. The van der Waals surface area contributed by atoms with Gasteiger partial charge in [-0.05, 0) is 92.1 Å². The largest absolute Gasteiger partial charge is 0.479 e. The number of hydrogen-bond donors (Lipinski definition) is 2. The number of nitrogens with zero attached hydrogens (tertiary/aromatic N) is 2. The van der Waals surface area contributed by atoms with E-state index in [1.54, 1.807) is 4.90 Å². The number of anilines is 1. The third-order valence-corrected chi connectivity index (χ3v) is 11.9. The molecule has 0 radical (unpaired) electrons. The molecule has 1 aliphatic carbocycles. The van der Waals surface area contributed by atoms with Gasteiger partial charge in [-0.1, -0.05) is 24.3 Å². The number of unbranched alkanes of at least 4 members (excludes halogenated alkanes) is 1. The summed E-state index contributed by atoms with van der Waals surface area (Å²) in [5.74, 6) is -0.880. The van der Waals surface area contributed by atoms with Crippen molar-refractivity contribution in [1.29, 1.82) is 0 Å². The van der Waals surface area contributed by atoms with E-state index < -0.39 is 11.6 Å². The maximum atomic E-state index is 12.8. The number of nitrogens with one attached hydrogen (secondary N) is 1. The van der Waals surface area contributed by atoms with Crippen molar-refractivity contribution in [2.24, 2.45) is 5.41 Å². The zero-order chi connectivity index (χ0) is 33.6. The second kappa shape index (κ2) is 15.6. The fourth-order valence-corrected chi connectivity index (χ4v) is 8.87. The number of carbonyl (C=O) groups is 3. The van der Waals surface area contributed by atoms with Crippen LogP contribution in [0.15, 0.2) is 59.3 Å². The summed E-state index contributed by atoms with van der Waals surface area (Å²) in [5, 5.41) is 17.1. The van der Waals surface area contributed by atoms with Crippen LogP contribution in [0, 0.1) is 5.41 Å². The normalized spacial score (nSPS) is 18.5. The second-order valence-electron chi connectivity index (χ2n) is 13.2. The molecule has 2 N–H and O–H groups in total. The standard InChI is InChI=1S/C36H45N3O7S2/c1-38(16-3-2-8-31(40)37-27-11-9-26(10-12-27)33-44-20-21-45-33)32(41)13-17-39-18-14-35(15-19-39)24-28(25-35)46-36(34(42)43,29-6-4-22-47-29)30-7-5-23-48-30/h4-7,9-12,22-23,28,33H,2-3,8,13-21,24-25H2,1H3,(H,37,40)(H,42,43). The van der Waals surface area contributed by atoms with Gasteiger partial charge in [-0.2, -0.15) is 0 Å². The lowest BCUT2D eigenvalue weighted by atomic mass is 9.61. The first-order chi connectivity index (χ1) is 23.3. The molecule has 2 aliphatic heterocycles. The lowest BCUT2D eigenvalue weighted by molar-refractivity contribution is -0.190. The molecule has 48 heavy (non-hydrogen) atoms. The second-order valence-corrected chi connectivity index (χ2v) is 15.1. The first-order valence-corrected chi connectivity index (χ1v) is 18.6. The monoisotopic (exact) mass is 695 g/mol. The molecule has 0 bridgehead atoms. The minimum absolute atomic E-state index is 0.0384. The fraction of sp³-hybridized carbons (Fsp3) is 0.528. The molecule has 0 atom stereocenters. The number of thiophene rings is 2. The molecule has 1 saturated carbocycles. The van der Waals surface area contributed by atoms with Crippen LogP contribution in [0.5, 0.6) is 0 Å². The summed E-state index contributed by atoms with van der Waals surface area (Å²) in [5.41, 5.74) is 0.408. The van der Waals surface area contributed by atoms with Crippen LogP contribution in [-0.2, 0) is 34.2 Å². The summed E-state index contributed by atoms with van der Waals surface area (Å²) in [4.78, 5) is 43.5. The van der Waals surface area contributed by atoms with E-state index in [1.165, 1.54) is 22.7 Å². The SMILES string of the molecule is CN(CCCCC(=O)Nc1ccc(C2OCCO2)cc1)C(=O)CCN1CCC2(CC1)CC(OC(C(=O)O)(c1cccs1)c1cccs1)C2. The molecule has 1 spiro atoms. The average Bonchev–Trinajstić information content (AvgIpc) is 3.89. The summed E-state index contributed by atoms with van der Waals surface area (Å²) in [7, 11) is 1.84. The number of amides is 2. The average molecular weight is 696 g/mol. The highest BCUT2D eigenvalue weighted by molar-refractivity contribution is 7.12. The summed E-state index contributed by atoms with van der Waals surface area (Å²) in [6, 6.07) is 15.0. The number of carbonyl (C=O) groups excluding carboxylic acids is 2. The number of carboxylic acid groups (broad SMARTS) is 1. The number of hydrogen-bond acceptors (Lipinski definition) is 9. The predicted octanol–water partition coefficient (Wildman–Crippen LogP) is 6.10. The number of likely N-dealkylation sites (tertiary alicyclic amines) is 1. The van der Waals surface area contributed by atoms with Gasteiger partial charge in [0.2, 0.25) is 17.4 Å². The van der Waals surface area contributed by atoms with Gasteiger partial charge in [0, 0.05) is 44.2 Å². The molecule has 0 unspecified atom stereocenters. The van der Waals surface area contributed by atoms with E-state index in [9.17, 15) is 19.5 Å². The summed E-state index contributed by atoms with van der Waals surface area (Å²) < 4.78 is 17.5. The minimum atomic E-state index is -1.46. The molecule has 3 aromatic rings. The number of ether oxygens (including phenoxy) is 3. The molecule has 4 heterocycles. The highest BCUT2D eigenvalue weighted by Crippen LogP contribution is 2.53. The minimum Gasteiger partial charge on any atom is -0.479 e. The van der Waals surface area contributed by atoms with Crippen molar-refractivity contribution in [3.05, 3.63) is 74.6 Å². The third kappa shape index (κ3) is 8.01. The Bertz CT molecular complexity index is 1460. The Kier molecular flexibility index (Phi) is 11.3. The van der Waals surface area contributed by atoms with Gasteiger partial charge in [0.05, 0.1) is 29.1 Å². The van der Waals surface area contributed by atoms with Crippen LogP contribution in [0.4, 0.5) is 5.69 Å². The van der Waals surface area contributed by atoms with Gasteiger partial charge < -0.3 is 34.4 Å². The van der Waals surface area contributed by atoms with E-state index in [4.69, 9.17) is 14.2 Å². The van der Waals surface area contributed by atoms with E-state index in [2.05, 4.69) is 10.2 Å². The van der Waals surface area contributed by atoms with Gasteiger partial charge in [0.15, 0.2) is 6.29 Å². The molecule has 2 aromatic heterocycles. The van der Waals surface area contributed by atoms with Crippen molar-refractivity contribution < 1.29 is 33.7 Å². The Morgan fingerprint density at radius 3 is 2.21 bits per heavy atom. The van der Waals surface area contributed by atoms with Crippen molar-refractivity contribution in [3.63, 3.8) is 0 Å². The number of rotatable bonds is 15. The molecule has 3 aliphatic rings. The molecule has 1 aromatic carbocycles. The molecular formula is C36H45N3O7S2. The van der Waals surface area contributed by atoms with Crippen LogP contribution in [0.1, 0.15) is 73.0 Å². The number of carboxylic acids is 1. The van der Waals surface area contributed by atoms with Gasteiger partial charge in [-0.15, -0.1) is 22.7 Å². The van der Waals surface area contributed by atoms with Crippen molar-refractivity contribution in [2.45, 2.75) is 69.4 Å². The van der Waals surface area contributed by atoms with Crippen LogP contribution in [0.25, 0.3) is 0 Å². The smallest absolute Gasteiger partial charge is 0.347 e. The Morgan fingerprint density at radius 1 is 0.979 bits per heavy atom. The first kappa shape index (κ1) is 34.7. The van der Waals surface area contributed by atoms with Crippen LogP contribution in [-0.4, -0.2) is 85.2 Å². The van der Waals surface area contributed by atoms with Crippen molar-refractivity contribution in [3.8, 4) is 0 Å². The molecule has 258 valence electrons. The van der Waals surface area contributed by atoms with E-state index in [0.29, 0.717) is 48.8 Å². The quantitative estimate of drug-likeness (QED) is 0.183. The van der Waals surface area contributed by atoms with Crippen molar-refractivity contribution in [2.75, 3.05) is 51.8 Å². The maximum Gasteiger partial charge on any atom is 0.347 e. The highest BCUT2D eigenvalue weighted by Gasteiger charge is 2.53. The Hall–Kier alpha value is -3.13. The van der Waals surface area contributed by atoms with Crippen LogP contribution in [0.2, 0.25) is 0 Å². The highest BCUT2D eigenvalue weighted by atomic mass is 32.1. The molecule has 2 saturated heterocycles. The van der Waals surface area contributed by atoms with Gasteiger partial charge in [-0.25, -0.2) is 4.79 Å². The Balaban J connectivity index is 0.862. The molecule has 3 fully saturated rings. The molecule has 12 heteroatoms. The van der Waals surface area contributed by atoms with Crippen molar-refractivity contribution >= 4 is 46.1 Å². The Labute approximate surface area is 290 Å². The zero-order valence-electron chi connectivity index (χ0n) is 27.4. The van der Waals surface area contributed by atoms with Crippen molar-refractivity contribution in [1.82, 2.24) is 9.80 Å². The maximum absolute atomic E-state index is 12.8. The third-order valence-electron chi connectivity index (χ3n) is 9.92. The number of piperidine rings is 1. The van der Waals surface area contributed by atoms with Crippen LogP contribution >= 0.6 is 22.7 Å². The lowest BCUT2D eigenvalue weighted by Gasteiger charge is -2.53. The molecular weight excluding hydrogens is 651 g/mol. The van der Waals surface area contributed by atoms with E-state index in [-0.39, 0.29) is 29.6 Å². The zero-order valence-corrected chi connectivity index (χ0v) is 29.1. The molecule has 10 nitrogen and oxygen atoms in total. The van der Waals surface area contributed by atoms with Crippen LogP contribution < -0.4 is 5.32 Å².